The minimum Gasteiger partial charge on any atom is -0.494 e. The number of aryl methyl sites for hydroxylation is 1. The van der Waals surface area contributed by atoms with Crippen LogP contribution < -0.4 is 10.1 Å². The van der Waals surface area contributed by atoms with Crippen molar-refractivity contribution in [2.75, 3.05) is 6.61 Å². The molecule has 1 amide bonds. The van der Waals surface area contributed by atoms with Gasteiger partial charge in [-0.2, -0.15) is 0 Å². The van der Waals surface area contributed by atoms with Gasteiger partial charge in [-0.05, 0) is 43.4 Å². The average molecular weight is 233 g/mol. The number of ether oxygens (including phenoxy) is 1. The van der Waals surface area contributed by atoms with Crippen LogP contribution in [0.2, 0.25) is 0 Å². The number of carbonyl (C=O) groups is 1. The maximum absolute atomic E-state index is 11.1. The van der Waals surface area contributed by atoms with Crippen molar-refractivity contribution < 1.29 is 9.53 Å². The molecule has 0 fully saturated rings. The van der Waals surface area contributed by atoms with Crippen molar-refractivity contribution in [2.45, 2.75) is 39.2 Å². The molecule has 0 saturated carbocycles. The fourth-order valence-electron chi connectivity index (χ4n) is 2.46. The van der Waals surface area contributed by atoms with Crippen molar-refractivity contribution in [3.05, 3.63) is 29.3 Å². The third-order valence-corrected chi connectivity index (χ3v) is 3.15. The van der Waals surface area contributed by atoms with Gasteiger partial charge >= 0.3 is 0 Å². The number of hydrogen-bond acceptors (Lipinski definition) is 2. The molecule has 92 valence electrons. The SMILES string of the molecule is CCOc1cccc2c1CC(NC(C)=O)CC2. The van der Waals surface area contributed by atoms with Gasteiger partial charge in [-0.15, -0.1) is 0 Å². The third-order valence-electron chi connectivity index (χ3n) is 3.15. The Morgan fingerprint density at radius 3 is 3.06 bits per heavy atom. The van der Waals surface area contributed by atoms with Crippen LogP contribution in [0.3, 0.4) is 0 Å². The lowest BCUT2D eigenvalue weighted by Crippen LogP contribution is -2.37. The van der Waals surface area contributed by atoms with E-state index in [1.165, 1.54) is 11.1 Å². The van der Waals surface area contributed by atoms with Crippen LogP contribution in [0.4, 0.5) is 0 Å². The van der Waals surface area contributed by atoms with Gasteiger partial charge in [0, 0.05) is 13.0 Å². The summed E-state index contributed by atoms with van der Waals surface area (Å²) < 4.78 is 5.64. The van der Waals surface area contributed by atoms with Crippen LogP contribution in [0.15, 0.2) is 18.2 Å². The second kappa shape index (κ2) is 5.21. The highest BCUT2D eigenvalue weighted by Gasteiger charge is 2.21. The first kappa shape index (κ1) is 12.0. The summed E-state index contributed by atoms with van der Waals surface area (Å²) in [5.74, 6) is 1.02. The quantitative estimate of drug-likeness (QED) is 0.868. The van der Waals surface area contributed by atoms with Crippen molar-refractivity contribution in [1.82, 2.24) is 5.32 Å². The summed E-state index contributed by atoms with van der Waals surface area (Å²) in [6.45, 7) is 4.25. The Morgan fingerprint density at radius 2 is 2.35 bits per heavy atom. The lowest BCUT2D eigenvalue weighted by atomic mass is 9.87. The number of amides is 1. The molecule has 1 N–H and O–H groups in total. The van der Waals surface area contributed by atoms with E-state index < -0.39 is 0 Å². The zero-order valence-electron chi connectivity index (χ0n) is 10.5. The molecule has 0 aliphatic heterocycles. The summed E-state index contributed by atoms with van der Waals surface area (Å²) in [4.78, 5) is 11.1. The first-order valence-corrected chi connectivity index (χ1v) is 6.21. The fourth-order valence-corrected chi connectivity index (χ4v) is 2.46. The Bertz CT molecular complexity index is 415. The summed E-state index contributed by atoms with van der Waals surface area (Å²) in [6, 6.07) is 6.46. The number of carbonyl (C=O) groups excluding carboxylic acids is 1. The summed E-state index contributed by atoms with van der Waals surface area (Å²) in [7, 11) is 0. The van der Waals surface area contributed by atoms with Gasteiger partial charge in [-0.1, -0.05) is 12.1 Å². The Labute approximate surface area is 102 Å². The zero-order valence-corrected chi connectivity index (χ0v) is 10.5. The number of nitrogens with one attached hydrogen (secondary N) is 1. The second-order valence-electron chi connectivity index (χ2n) is 4.47. The number of rotatable bonds is 3. The van der Waals surface area contributed by atoms with E-state index in [9.17, 15) is 4.79 Å². The molecule has 17 heavy (non-hydrogen) atoms. The van der Waals surface area contributed by atoms with Gasteiger partial charge in [-0.3, -0.25) is 4.79 Å². The maximum atomic E-state index is 11.1. The molecule has 1 atom stereocenters. The van der Waals surface area contributed by atoms with Crippen LogP contribution in [0.1, 0.15) is 31.4 Å². The van der Waals surface area contributed by atoms with E-state index in [1.807, 2.05) is 19.1 Å². The Hall–Kier alpha value is -1.51. The lowest BCUT2D eigenvalue weighted by Gasteiger charge is -2.26. The van der Waals surface area contributed by atoms with E-state index in [4.69, 9.17) is 4.74 Å². The predicted octanol–water partition coefficient (Wildman–Crippen LogP) is 2.08. The monoisotopic (exact) mass is 233 g/mol. The van der Waals surface area contributed by atoms with Gasteiger partial charge in [0.05, 0.1) is 6.61 Å². The summed E-state index contributed by atoms with van der Waals surface area (Å²) in [6.07, 6.45) is 2.91. The molecule has 1 aliphatic rings. The molecule has 0 heterocycles. The topological polar surface area (TPSA) is 38.3 Å². The van der Waals surface area contributed by atoms with E-state index in [0.29, 0.717) is 6.61 Å². The number of fused-ring (bicyclic) bond motifs is 1. The van der Waals surface area contributed by atoms with Gasteiger partial charge in [-0.25, -0.2) is 0 Å². The first-order valence-electron chi connectivity index (χ1n) is 6.21. The van der Waals surface area contributed by atoms with Crippen molar-refractivity contribution in [3.8, 4) is 5.75 Å². The first-order chi connectivity index (χ1) is 8.20. The highest BCUT2D eigenvalue weighted by Crippen LogP contribution is 2.29. The molecular weight excluding hydrogens is 214 g/mol. The third kappa shape index (κ3) is 2.78. The Kier molecular flexibility index (Phi) is 3.67. The highest BCUT2D eigenvalue weighted by atomic mass is 16.5. The lowest BCUT2D eigenvalue weighted by molar-refractivity contribution is -0.119. The van der Waals surface area contributed by atoms with Gasteiger partial charge in [0.2, 0.25) is 5.91 Å². The van der Waals surface area contributed by atoms with Crippen LogP contribution in [-0.4, -0.2) is 18.6 Å². The molecule has 1 unspecified atom stereocenters. The van der Waals surface area contributed by atoms with Crippen LogP contribution >= 0.6 is 0 Å². The molecule has 1 aliphatic carbocycles. The molecule has 0 radical (unpaired) electrons. The molecule has 0 saturated heterocycles. The van der Waals surface area contributed by atoms with Gasteiger partial charge in [0.1, 0.15) is 5.75 Å². The number of benzene rings is 1. The largest absolute Gasteiger partial charge is 0.494 e. The standard InChI is InChI=1S/C14H19NO2/c1-3-17-14-6-4-5-11-7-8-12(9-13(11)14)15-10(2)16/h4-6,12H,3,7-9H2,1-2H3,(H,15,16). The van der Waals surface area contributed by atoms with Crippen molar-refractivity contribution in [2.24, 2.45) is 0 Å². The summed E-state index contributed by atoms with van der Waals surface area (Å²) in [5, 5.41) is 3.00. The fraction of sp³-hybridized carbons (Fsp3) is 0.500. The molecule has 0 aromatic heterocycles. The van der Waals surface area contributed by atoms with Gasteiger partial charge in [0.25, 0.3) is 0 Å². The van der Waals surface area contributed by atoms with Gasteiger partial charge in [0.15, 0.2) is 0 Å². The van der Waals surface area contributed by atoms with E-state index >= 15 is 0 Å². The van der Waals surface area contributed by atoms with Crippen molar-refractivity contribution in [3.63, 3.8) is 0 Å². The van der Waals surface area contributed by atoms with Gasteiger partial charge < -0.3 is 10.1 Å². The smallest absolute Gasteiger partial charge is 0.217 e. The maximum Gasteiger partial charge on any atom is 0.217 e. The average Bonchev–Trinajstić information content (AvgIpc) is 2.29. The predicted molar refractivity (Wildman–Crippen MR) is 67.2 cm³/mol. The summed E-state index contributed by atoms with van der Waals surface area (Å²) in [5.41, 5.74) is 2.62. The van der Waals surface area contributed by atoms with E-state index in [1.54, 1.807) is 6.92 Å². The minimum atomic E-state index is 0.0485. The van der Waals surface area contributed by atoms with E-state index in [2.05, 4.69) is 11.4 Å². The van der Waals surface area contributed by atoms with E-state index in [-0.39, 0.29) is 11.9 Å². The second-order valence-corrected chi connectivity index (χ2v) is 4.47. The molecule has 0 bridgehead atoms. The molecule has 3 nitrogen and oxygen atoms in total. The van der Waals surface area contributed by atoms with Crippen LogP contribution in [0.25, 0.3) is 0 Å². The molecule has 0 spiro atoms. The Balaban J connectivity index is 2.19. The summed E-state index contributed by atoms with van der Waals surface area (Å²) >= 11 is 0. The number of hydrogen-bond donors (Lipinski definition) is 1. The van der Waals surface area contributed by atoms with Crippen LogP contribution in [0, 0.1) is 0 Å². The minimum absolute atomic E-state index is 0.0485. The van der Waals surface area contributed by atoms with Crippen molar-refractivity contribution in [1.29, 1.82) is 0 Å². The highest BCUT2D eigenvalue weighted by molar-refractivity contribution is 5.73. The van der Waals surface area contributed by atoms with Crippen molar-refractivity contribution >= 4 is 5.91 Å². The van der Waals surface area contributed by atoms with Crippen LogP contribution in [-0.2, 0) is 17.6 Å². The molecule has 2 rings (SSSR count). The Morgan fingerprint density at radius 1 is 1.53 bits per heavy atom. The molecule has 3 heteroatoms. The normalized spacial score (nSPS) is 18.4. The molecule has 1 aromatic rings. The van der Waals surface area contributed by atoms with E-state index in [0.717, 1.165) is 25.0 Å². The molecule has 1 aromatic carbocycles. The molecular formula is C14H19NO2. The zero-order chi connectivity index (χ0) is 12.3. The van der Waals surface area contributed by atoms with Crippen LogP contribution in [0.5, 0.6) is 5.75 Å².